The summed E-state index contributed by atoms with van der Waals surface area (Å²) in [4.78, 5) is 23.0. The van der Waals surface area contributed by atoms with Crippen LogP contribution in [0.3, 0.4) is 0 Å². The zero-order chi connectivity index (χ0) is 12.7. The molecule has 2 atom stereocenters. The minimum atomic E-state index is -0.821. The van der Waals surface area contributed by atoms with Crippen LogP contribution in [0, 0.1) is 5.41 Å². The molecule has 2 rings (SSSR count). The van der Waals surface area contributed by atoms with Crippen molar-refractivity contribution in [2.24, 2.45) is 5.41 Å². The Morgan fingerprint density at radius 1 is 1.24 bits per heavy atom. The van der Waals surface area contributed by atoms with E-state index < -0.39 is 11.4 Å². The molecular weight excluding hydrogens is 220 g/mol. The first kappa shape index (κ1) is 12.2. The van der Waals surface area contributed by atoms with Crippen LogP contribution >= 0.6 is 0 Å². The monoisotopic (exact) mass is 240 g/mol. The number of rotatable bonds is 3. The fourth-order valence-corrected chi connectivity index (χ4v) is 2.43. The molecule has 0 aromatic heterocycles. The summed E-state index contributed by atoms with van der Waals surface area (Å²) in [6.45, 7) is 3.71. The van der Waals surface area contributed by atoms with Crippen molar-refractivity contribution in [1.82, 2.24) is 10.6 Å². The quantitative estimate of drug-likeness (QED) is 0.699. The van der Waals surface area contributed by atoms with Gasteiger partial charge in [-0.1, -0.05) is 6.42 Å². The average Bonchev–Trinajstić information content (AvgIpc) is 2.81. The zero-order valence-corrected chi connectivity index (χ0v) is 10.4. The summed E-state index contributed by atoms with van der Waals surface area (Å²) in [6.07, 6.45) is 4.23. The van der Waals surface area contributed by atoms with E-state index in [1.807, 2.05) is 6.92 Å². The van der Waals surface area contributed by atoms with Gasteiger partial charge < -0.3 is 15.7 Å². The summed E-state index contributed by atoms with van der Waals surface area (Å²) in [6, 6.07) is -0.494. The van der Waals surface area contributed by atoms with E-state index in [1.54, 1.807) is 6.92 Å². The summed E-state index contributed by atoms with van der Waals surface area (Å²) in [5.74, 6) is -0.821. The molecule has 2 saturated carbocycles. The molecule has 0 spiro atoms. The fraction of sp³-hybridized carbons (Fsp3) is 0.833. The number of carboxylic acid groups (broad SMARTS) is 1. The second-order valence-corrected chi connectivity index (χ2v) is 5.83. The number of aliphatic carboxylic acids is 1. The molecular formula is C12H20N2O3. The Labute approximate surface area is 101 Å². The van der Waals surface area contributed by atoms with Gasteiger partial charge in [-0.15, -0.1) is 0 Å². The van der Waals surface area contributed by atoms with E-state index in [-0.39, 0.29) is 17.6 Å². The van der Waals surface area contributed by atoms with Gasteiger partial charge in [0, 0.05) is 11.6 Å². The summed E-state index contributed by atoms with van der Waals surface area (Å²) in [7, 11) is 0. The van der Waals surface area contributed by atoms with Gasteiger partial charge in [-0.25, -0.2) is 4.79 Å². The number of carbonyl (C=O) groups is 2. The topological polar surface area (TPSA) is 78.4 Å². The molecule has 0 aromatic carbocycles. The van der Waals surface area contributed by atoms with Crippen LogP contribution in [0.4, 0.5) is 4.79 Å². The maximum absolute atomic E-state index is 11.7. The molecule has 17 heavy (non-hydrogen) atoms. The predicted molar refractivity (Wildman–Crippen MR) is 62.7 cm³/mol. The Balaban J connectivity index is 1.93. The average molecular weight is 240 g/mol. The van der Waals surface area contributed by atoms with E-state index in [1.165, 1.54) is 0 Å². The molecule has 0 radical (unpaired) electrons. The van der Waals surface area contributed by atoms with Crippen molar-refractivity contribution in [2.75, 3.05) is 0 Å². The standard InChI is InChI=1S/C12H20N2O3/c1-11(6-7-11)14-10(17)13-8-4-3-5-12(8,2)9(15)16/h8H,3-7H2,1-2H3,(H,15,16)(H2,13,14,17). The van der Waals surface area contributed by atoms with Gasteiger partial charge in [0.15, 0.2) is 0 Å². The molecule has 2 fully saturated rings. The maximum Gasteiger partial charge on any atom is 0.315 e. The van der Waals surface area contributed by atoms with Gasteiger partial charge in [-0.05, 0) is 39.5 Å². The third-order valence-corrected chi connectivity index (χ3v) is 4.17. The van der Waals surface area contributed by atoms with Gasteiger partial charge in [0.2, 0.25) is 0 Å². The molecule has 0 saturated heterocycles. The first-order valence-corrected chi connectivity index (χ1v) is 6.18. The van der Waals surface area contributed by atoms with Gasteiger partial charge in [-0.2, -0.15) is 0 Å². The van der Waals surface area contributed by atoms with E-state index in [0.717, 1.165) is 25.7 Å². The summed E-state index contributed by atoms with van der Waals surface area (Å²) in [5.41, 5.74) is -0.885. The second-order valence-electron chi connectivity index (χ2n) is 5.83. The predicted octanol–water partition coefficient (Wildman–Crippen LogP) is 1.48. The van der Waals surface area contributed by atoms with Crippen LogP contribution in [0.25, 0.3) is 0 Å². The second kappa shape index (κ2) is 3.89. The highest BCUT2D eigenvalue weighted by Gasteiger charge is 2.47. The van der Waals surface area contributed by atoms with Crippen LogP contribution in [0.5, 0.6) is 0 Å². The molecule has 2 aliphatic rings. The smallest absolute Gasteiger partial charge is 0.315 e. The number of urea groups is 1. The lowest BCUT2D eigenvalue weighted by Gasteiger charge is -2.28. The van der Waals surface area contributed by atoms with Crippen molar-refractivity contribution in [2.45, 2.75) is 57.5 Å². The molecule has 5 nitrogen and oxygen atoms in total. The normalized spacial score (nSPS) is 34.1. The van der Waals surface area contributed by atoms with E-state index in [4.69, 9.17) is 0 Å². The van der Waals surface area contributed by atoms with Crippen LogP contribution in [0.1, 0.15) is 46.0 Å². The number of carboxylic acids is 1. The number of hydrogen-bond acceptors (Lipinski definition) is 2. The summed E-state index contributed by atoms with van der Waals surface area (Å²) < 4.78 is 0. The number of hydrogen-bond donors (Lipinski definition) is 3. The molecule has 3 N–H and O–H groups in total. The molecule has 0 aromatic rings. The summed E-state index contributed by atoms with van der Waals surface area (Å²) >= 11 is 0. The Bertz CT molecular complexity index is 352. The zero-order valence-electron chi connectivity index (χ0n) is 10.4. The Morgan fingerprint density at radius 3 is 2.41 bits per heavy atom. The van der Waals surface area contributed by atoms with Crippen molar-refractivity contribution >= 4 is 12.0 Å². The lowest BCUT2D eigenvalue weighted by atomic mass is 9.85. The van der Waals surface area contributed by atoms with Gasteiger partial charge in [-0.3, -0.25) is 4.79 Å². The molecule has 96 valence electrons. The maximum atomic E-state index is 11.7. The minimum absolute atomic E-state index is 0.0672. The first-order valence-electron chi connectivity index (χ1n) is 6.18. The third kappa shape index (κ3) is 2.37. The van der Waals surface area contributed by atoms with E-state index >= 15 is 0 Å². The van der Waals surface area contributed by atoms with E-state index in [9.17, 15) is 14.7 Å². The first-order chi connectivity index (χ1) is 7.86. The minimum Gasteiger partial charge on any atom is -0.481 e. The van der Waals surface area contributed by atoms with Gasteiger partial charge in [0.05, 0.1) is 5.41 Å². The van der Waals surface area contributed by atoms with Gasteiger partial charge in [0.1, 0.15) is 0 Å². The highest BCUT2D eigenvalue weighted by Crippen LogP contribution is 2.38. The lowest BCUT2D eigenvalue weighted by Crippen LogP contribution is -2.52. The van der Waals surface area contributed by atoms with Crippen molar-refractivity contribution in [3.05, 3.63) is 0 Å². The molecule has 0 aliphatic heterocycles. The Morgan fingerprint density at radius 2 is 1.88 bits per heavy atom. The molecule has 2 unspecified atom stereocenters. The van der Waals surface area contributed by atoms with Crippen LogP contribution in [0.2, 0.25) is 0 Å². The van der Waals surface area contributed by atoms with Crippen molar-refractivity contribution in [1.29, 1.82) is 0 Å². The lowest BCUT2D eigenvalue weighted by molar-refractivity contribution is -0.148. The van der Waals surface area contributed by atoms with Crippen LogP contribution < -0.4 is 10.6 Å². The summed E-state index contributed by atoms with van der Waals surface area (Å²) in [5, 5.41) is 14.9. The van der Waals surface area contributed by atoms with E-state index in [0.29, 0.717) is 6.42 Å². The van der Waals surface area contributed by atoms with Crippen LogP contribution in [-0.2, 0) is 4.79 Å². The van der Waals surface area contributed by atoms with Gasteiger partial charge in [0.25, 0.3) is 0 Å². The van der Waals surface area contributed by atoms with Crippen molar-refractivity contribution < 1.29 is 14.7 Å². The Kier molecular flexibility index (Phi) is 2.79. The highest BCUT2D eigenvalue weighted by molar-refractivity contribution is 5.79. The van der Waals surface area contributed by atoms with Gasteiger partial charge >= 0.3 is 12.0 Å². The SMILES string of the molecule is CC1(NC(=O)NC2CCCC2(C)C(=O)O)CC1. The van der Waals surface area contributed by atoms with Crippen LogP contribution in [0.15, 0.2) is 0 Å². The van der Waals surface area contributed by atoms with Crippen molar-refractivity contribution in [3.8, 4) is 0 Å². The van der Waals surface area contributed by atoms with E-state index in [2.05, 4.69) is 10.6 Å². The molecule has 5 heteroatoms. The molecule has 0 bridgehead atoms. The Hall–Kier alpha value is -1.26. The fourth-order valence-electron chi connectivity index (χ4n) is 2.43. The number of nitrogens with one attached hydrogen (secondary N) is 2. The number of amides is 2. The molecule has 2 amide bonds. The molecule has 0 heterocycles. The molecule has 2 aliphatic carbocycles. The third-order valence-electron chi connectivity index (χ3n) is 4.17. The highest BCUT2D eigenvalue weighted by atomic mass is 16.4. The largest absolute Gasteiger partial charge is 0.481 e. The van der Waals surface area contributed by atoms with Crippen molar-refractivity contribution in [3.63, 3.8) is 0 Å². The number of carbonyl (C=O) groups excluding carboxylic acids is 1. The van der Waals surface area contributed by atoms with Crippen LogP contribution in [-0.4, -0.2) is 28.7 Å².